The highest BCUT2D eigenvalue weighted by Crippen LogP contribution is 2.31. The van der Waals surface area contributed by atoms with Gasteiger partial charge in [-0.15, -0.1) is 0 Å². The van der Waals surface area contributed by atoms with Crippen LogP contribution in [0.4, 0.5) is 0 Å². The lowest BCUT2D eigenvalue weighted by Crippen LogP contribution is -2.15. The summed E-state index contributed by atoms with van der Waals surface area (Å²) in [6.07, 6.45) is 0. The fourth-order valence-corrected chi connectivity index (χ4v) is 1.59. The van der Waals surface area contributed by atoms with Crippen LogP contribution in [0.5, 0.6) is 17.2 Å². The van der Waals surface area contributed by atoms with Crippen molar-refractivity contribution in [2.75, 3.05) is 46.8 Å². The third-order valence-electron chi connectivity index (χ3n) is 2.49. The van der Waals surface area contributed by atoms with Gasteiger partial charge in [0.1, 0.15) is 19.0 Å². The minimum Gasteiger partial charge on any atom is -0.497 e. The van der Waals surface area contributed by atoms with E-state index in [2.05, 4.69) is 0 Å². The van der Waals surface area contributed by atoms with Crippen LogP contribution < -0.4 is 14.2 Å². The normalized spacial score (nSPS) is 15.7. The molecule has 1 aromatic rings. The van der Waals surface area contributed by atoms with Crippen molar-refractivity contribution in [2.24, 2.45) is 0 Å². The monoisotopic (exact) mass is 286 g/mol. The molecular formula is C15H26O5. The molecule has 116 valence electrons. The van der Waals surface area contributed by atoms with Gasteiger partial charge in [-0.2, -0.15) is 0 Å². The average molecular weight is 286 g/mol. The van der Waals surface area contributed by atoms with Crippen LogP contribution in [0.1, 0.15) is 14.9 Å². The second-order valence-corrected chi connectivity index (χ2v) is 3.73. The summed E-state index contributed by atoms with van der Waals surface area (Å²) in [6.45, 7) is 3.19. The zero-order valence-corrected chi connectivity index (χ0v) is 10.5. The van der Waals surface area contributed by atoms with Crippen molar-refractivity contribution in [3.05, 3.63) is 18.2 Å². The summed E-state index contributed by atoms with van der Waals surface area (Å²) in [7, 11) is 1.62. The molecule has 0 aliphatic carbocycles. The van der Waals surface area contributed by atoms with Crippen LogP contribution >= 0.6 is 0 Å². The first-order valence-electron chi connectivity index (χ1n) is 5.99. The topological polar surface area (TPSA) is 46.2 Å². The number of rotatable bonds is 1. The quantitative estimate of drug-likeness (QED) is 0.794. The van der Waals surface area contributed by atoms with Crippen LogP contribution in [0.25, 0.3) is 0 Å². The Balaban J connectivity index is 0.00000180. The predicted molar refractivity (Wildman–Crippen MR) is 79.1 cm³/mol. The van der Waals surface area contributed by atoms with Gasteiger partial charge < -0.3 is 23.7 Å². The Hall–Kier alpha value is -1.46. The van der Waals surface area contributed by atoms with E-state index in [1.807, 2.05) is 18.2 Å². The second-order valence-electron chi connectivity index (χ2n) is 3.73. The highest BCUT2D eigenvalue weighted by atomic mass is 16.6. The maximum atomic E-state index is 5.63. The van der Waals surface area contributed by atoms with Crippen molar-refractivity contribution >= 4 is 0 Å². The maximum absolute atomic E-state index is 5.63. The van der Waals surface area contributed by atoms with E-state index in [4.69, 9.17) is 23.7 Å². The Kier molecular flexibility index (Phi) is 9.59. The summed E-state index contributed by atoms with van der Waals surface area (Å²) >= 11 is 0. The molecule has 0 unspecified atom stereocenters. The van der Waals surface area contributed by atoms with Gasteiger partial charge in [-0.25, -0.2) is 0 Å². The first-order chi connectivity index (χ1) is 8.90. The number of methoxy groups -OCH3 is 1. The predicted octanol–water partition coefficient (Wildman–Crippen LogP) is 2.77. The van der Waals surface area contributed by atoms with Gasteiger partial charge in [-0.05, 0) is 12.1 Å². The number of ether oxygens (including phenoxy) is 5. The van der Waals surface area contributed by atoms with Gasteiger partial charge >= 0.3 is 0 Å². The largest absolute Gasteiger partial charge is 0.497 e. The Morgan fingerprint density at radius 2 is 1.35 bits per heavy atom. The molecule has 0 amide bonds. The van der Waals surface area contributed by atoms with Crippen molar-refractivity contribution in [1.29, 1.82) is 0 Å². The maximum Gasteiger partial charge on any atom is 0.164 e. The molecule has 5 nitrogen and oxygen atoms in total. The van der Waals surface area contributed by atoms with E-state index in [1.165, 1.54) is 0 Å². The zero-order chi connectivity index (χ0) is 12.6. The number of hydrogen-bond acceptors (Lipinski definition) is 5. The van der Waals surface area contributed by atoms with Gasteiger partial charge in [0.05, 0.1) is 33.5 Å². The SMILES string of the molecule is C.C.COc1ccc2c(c1)OCCOCCOCCO2. The molecular weight excluding hydrogens is 260 g/mol. The third kappa shape index (κ3) is 5.67. The van der Waals surface area contributed by atoms with E-state index in [9.17, 15) is 0 Å². The lowest BCUT2D eigenvalue weighted by Gasteiger charge is -2.15. The summed E-state index contributed by atoms with van der Waals surface area (Å²) in [4.78, 5) is 0. The van der Waals surface area contributed by atoms with Crippen LogP contribution in [0.2, 0.25) is 0 Å². The molecule has 20 heavy (non-hydrogen) atoms. The standard InChI is InChI=1S/C13H18O5.2CH4/c1-14-11-2-3-12-13(10-11)18-9-7-16-5-4-15-6-8-17-12;;/h2-3,10H,4-9H2,1H3;2*1H4. The molecule has 0 radical (unpaired) electrons. The van der Waals surface area contributed by atoms with E-state index < -0.39 is 0 Å². The number of benzene rings is 1. The molecule has 0 atom stereocenters. The molecule has 0 saturated carbocycles. The van der Waals surface area contributed by atoms with Gasteiger partial charge in [0.25, 0.3) is 0 Å². The molecule has 1 aliphatic rings. The van der Waals surface area contributed by atoms with Crippen molar-refractivity contribution in [2.45, 2.75) is 14.9 Å². The summed E-state index contributed by atoms with van der Waals surface area (Å²) in [6, 6.07) is 5.48. The van der Waals surface area contributed by atoms with Crippen LogP contribution in [0.3, 0.4) is 0 Å². The van der Waals surface area contributed by atoms with Crippen molar-refractivity contribution in [3.8, 4) is 17.2 Å². The summed E-state index contributed by atoms with van der Waals surface area (Å²) < 4.78 is 27.1. The van der Waals surface area contributed by atoms with Crippen LogP contribution in [-0.2, 0) is 9.47 Å². The molecule has 1 heterocycles. The Labute approximate surface area is 121 Å². The minimum absolute atomic E-state index is 0. The first kappa shape index (κ1) is 18.5. The first-order valence-corrected chi connectivity index (χ1v) is 5.99. The molecule has 0 aromatic heterocycles. The van der Waals surface area contributed by atoms with Crippen molar-refractivity contribution in [1.82, 2.24) is 0 Å². The van der Waals surface area contributed by atoms with Crippen LogP contribution in [0, 0.1) is 0 Å². The summed E-state index contributed by atoms with van der Waals surface area (Å²) in [5.74, 6) is 2.10. The Morgan fingerprint density at radius 1 is 0.800 bits per heavy atom. The smallest absolute Gasteiger partial charge is 0.164 e. The number of fused-ring (bicyclic) bond motifs is 1. The fourth-order valence-electron chi connectivity index (χ4n) is 1.59. The molecule has 0 saturated heterocycles. The van der Waals surface area contributed by atoms with Crippen molar-refractivity contribution in [3.63, 3.8) is 0 Å². The summed E-state index contributed by atoms with van der Waals surface area (Å²) in [5, 5.41) is 0. The lowest BCUT2D eigenvalue weighted by atomic mass is 10.3. The molecule has 1 aromatic carbocycles. The fraction of sp³-hybridized carbons (Fsp3) is 0.600. The van der Waals surface area contributed by atoms with Crippen molar-refractivity contribution < 1.29 is 23.7 Å². The minimum atomic E-state index is 0. The van der Waals surface area contributed by atoms with Gasteiger partial charge in [-0.3, -0.25) is 0 Å². The molecule has 1 aliphatic heterocycles. The zero-order valence-electron chi connectivity index (χ0n) is 10.5. The average Bonchev–Trinajstić information content (AvgIpc) is 2.39. The van der Waals surface area contributed by atoms with E-state index in [-0.39, 0.29) is 14.9 Å². The molecule has 0 spiro atoms. The van der Waals surface area contributed by atoms with Crippen LogP contribution in [-0.4, -0.2) is 46.8 Å². The summed E-state index contributed by atoms with van der Waals surface area (Å²) in [5.41, 5.74) is 0. The van der Waals surface area contributed by atoms with E-state index >= 15 is 0 Å². The molecule has 2 rings (SSSR count). The van der Waals surface area contributed by atoms with Gasteiger partial charge in [-0.1, -0.05) is 14.9 Å². The van der Waals surface area contributed by atoms with Gasteiger partial charge in [0.2, 0.25) is 0 Å². The second kappa shape index (κ2) is 10.3. The molecule has 0 fully saturated rings. The number of hydrogen-bond donors (Lipinski definition) is 0. The molecule has 5 heteroatoms. The Bertz CT molecular complexity index is 367. The van der Waals surface area contributed by atoms with Gasteiger partial charge in [0, 0.05) is 6.07 Å². The van der Waals surface area contributed by atoms with E-state index in [0.29, 0.717) is 51.1 Å². The lowest BCUT2D eigenvalue weighted by molar-refractivity contribution is 0.0223. The highest BCUT2D eigenvalue weighted by molar-refractivity contribution is 5.45. The molecule has 0 N–H and O–H groups in total. The highest BCUT2D eigenvalue weighted by Gasteiger charge is 2.08. The third-order valence-corrected chi connectivity index (χ3v) is 2.49. The van der Waals surface area contributed by atoms with E-state index in [1.54, 1.807) is 7.11 Å². The van der Waals surface area contributed by atoms with E-state index in [0.717, 1.165) is 5.75 Å². The Morgan fingerprint density at radius 3 is 1.95 bits per heavy atom. The van der Waals surface area contributed by atoms with Crippen LogP contribution in [0.15, 0.2) is 18.2 Å². The molecule has 0 bridgehead atoms. The van der Waals surface area contributed by atoms with Gasteiger partial charge in [0.15, 0.2) is 11.5 Å².